The van der Waals surface area contributed by atoms with Gasteiger partial charge in [0.15, 0.2) is 0 Å². The molecule has 6 nitrogen and oxygen atoms in total. The van der Waals surface area contributed by atoms with Crippen molar-refractivity contribution in [2.45, 2.75) is 0 Å². The first-order chi connectivity index (χ1) is 2.00. The average molecular weight is 148 g/mol. The predicted octanol–water partition coefficient (Wildman–Crippen LogP) is -0.158. The summed E-state index contributed by atoms with van der Waals surface area (Å²) in [5.74, 6) is 0. The van der Waals surface area contributed by atoms with Gasteiger partial charge >= 0.3 is 7.94 Å². The fourth-order valence-electron chi connectivity index (χ4n) is 0. The van der Waals surface area contributed by atoms with E-state index in [2.05, 4.69) is 0 Å². The quantitative estimate of drug-likeness (QED) is 0.261. The van der Waals surface area contributed by atoms with E-state index in [0.29, 0.717) is 0 Å². The molecule has 0 bridgehead atoms. The predicted molar refractivity (Wildman–Crippen MR) is 34.6 cm³/mol. The summed E-state index contributed by atoms with van der Waals surface area (Å²) in [6.45, 7) is 0.965. The van der Waals surface area contributed by atoms with E-state index in [-0.39, 0.29) is 18.5 Å². The molecule has 0 fully saturated rings. The molecule has 0 amide bonds. The smallest absolute Gasteiger partial charge is 0.344 e. The van der Waals surface area contributed by atoms with Crippen LogP contribution in [-0.2, 0) is 0 Å². The number of hydrogen-bond acceptors (Lipinski definition) is 6. The highest BCUT2D eigenvalue weighted by Crippen LogP contribution is 2.38. The van der Waals surface area contributed by atoms with Crippen molar-refractivity contribution in [1.29, 1.82) is 0 Å². The molecule has 0 aromatic carbocycles. The lowest BCUT2D eigenvalue weighted by Gasteiger charge is -1.88. The van der Waals surface area contributed by atoms with E-state index in [0.717, 1.165) is 6.66 Å². The largest absolute Gasteiger partial charge is 0.400 e. The Morgan fingerprint density at radius 2 is 0.875 bits per heavy atom. The van der Waals surface area contributed by atoms with Crippen molar-refractivity contribution in [1.82, 2.24) is 18.5 Å². The molecule has 0 saturated carbocycles. The second-order valence-corrected chi connectivity index (χ2v) is 2.60. The van der Waals surface area contributed by atoms with Crippen LogP contribution in [0.15, 0.2) is 0 Å². The van der Waals surface area contributed by atoms with Crippen molar-refractivity contribution in [3.05, 3.63) is 0 Å². The Bertz CT molecular complexity index is 30.0. The highest BCUT2D eigenvalue weighted by atomic mass is 31.2. The molecule has 0 aromatic heterocycles. The zero-order chi connectivity index (χ0) is 4.50. The van der Waals surface area contributed by atoms with Gasteiger partial charge < -0.3 is 18.5 Å². The van der Waals surface area contributed by atoms with Gasteiger partial charge in [0.1, 0.15) is 6.66 Å². The summed E-state index contributed by atoms with van der Waals surface area (Å²) in [4.78, 5) is 23.2. The van der Waals surface area contributed by atoms with Crippen LogP contribution >= 0.6 is 7.94 Å². The molecule has 0 radical (unpaired) electrons. The van der Waals surface area contributed by atoms with Crippen LogP contribution in [0.5, 0.6) is 0 Å². The van der Waals surface area contributed by atoms with Crippen molar-refractivity contribution < 1.29 is 14.7 Å². The molecule has 0 aromatic rings. The summed E-state index contributed by atoms with van der Waals surface area (Å²) in [5.41, 5.74) is 0. The van der Waals surface area contributed by atoms with E-state index < -0.39 is 7.94 Å². The van der Waals surface area contributed by atoms with E-state index in [9.17, 15) is 0 Å². The van der Waals surface area contributed by atoms with Crippen LogP contribution in [-0.4, -0.2) is 21.3 Å². The Morgan fingerprint density at radius 3 is 0.875 bits per heavy atom. The maximum Gasteiger partial charge on any atom is 0.400 e. The normalized spacial score (nSPS) is 7.50. The standard InChI is InChI=1S/CH6O3P.3H3N/c1-5(2,3)4;;;/h2-4H,1H3;3*1H3/q+1;;;. The van der Waals surface area contributed by atoms with Crippen LogP contribution in [0.1, 0.15) is 0 Å². The topological polar surface area (TPSA) is 166 Å². The highest BCUT2D eigenvalue weighted by molar-refractivity contribution is 7.57. The molecule has 0 spiro atoms. The summed E-state index contributed by atoms with van der Waals surface area (Å²) < 4.78 is 0. The fourth-order valence-corrected chi connectivity index (χ4v) is 0. The molecule has 0 heterocycles. The summed E-state index contributed by atoms with van der Waals surface area (Å²) in [5, 5.41) is 0. The lowest BCUT2D eigenvalue weighted by Crippen LogP contribution is -1.78. The first-order valence-corrected chi connectivity index (χ1v) is 3.14. The zero-order valence-corrected chi connectivity index (χ0v) is 5.80. The average Bonchev–Trinajstić information content (AvgIpc) is 0.722. The van der Waals surface area contributed by atoms with E-state index in [4.69, 9.17) is 14.7 Å². The second-order valence-electron chi connectivity index (χ2n) is 0.868. The minimum Gasteiger partial charge on any atom is -0.344 e. The van der Waals surface area contributed by atoms with Gasteiger partial charge in [-0.3, -0.25) is 0 Å². The van der Waals surface area contributed by atoms with Gasteiger partial charge in [0.2, 0.25) is 0 Å². The lowest BCUT2D eigenvalue weighted by atomic mass is 12.0. The third-order valence-corrected chi connectivity index (χ3v) is 0. The van der Waals surface area contributed by atoms with E-state index in [1.54, 1.807) is 0 Å². The van der Waals surface area contributed by atoms with Gasteiger partial charge in [0.05, 0.1) is 0 Å². The zero-order valence-electron chi connectivity index (χ0n) is 4.91. The molecule has 56 valence electrons. The molecule has 8 heavy (non-hydrogen) atoms. The molecule has 0 unspecified atom stereocenters. The van der Waals surface area contributed by atoms with Crippen LogP contribution < -0.4 is 18.5 Å². The first-order valence-electron chi connectivity index (χ1n) is 1.05. The van der Waals surface area contributed by atoms with Crippen LogP contribution in [0.3, 0.4) is 0 Å². The summed E-state index contributed by atoms with van der Waals surface area (Å²) >= 11 is 0. The van der Waals surface area contributed by atoms with Gasteiger partial charge in [-0.2, -0.15) is 14.7 Å². The lowest BCUT2D eigenvalue weighted by molar-refractivity contribution is 0.340. The third kappa shape index (κ3) is 4620. The van der Waals surface area contributed by atoms with Crippen molar-refractivity contribution in [3.63, 3.8) is 0 Å². The summed E-state index contributed by atoms with van der Waals surface area (Å²) in [6, 6.07) is 0. The van der Waals surface area contributed by atoms with Gasteiger partial charge in [0, 0.05) is 0 Å². The minimum atomic E-state index is -3.39. The number of rotatable bonds is 0. The monoisotopic (exact) mass is 148 g/mol. The van der Waals surface area contributed by atoms with Crippen LogP contribution in [0, 0.1) is 0 Å². The van der Waals surface area contributed by atoms with Gasteiger partial charge in [-0.25, -0.2) is 0 Å². The number of hydrogen-bond donors (Lipinski definition) is 6. The second kappa shape index (κ2) is 7.19. The third-order valence-electron chi connectivity index (χ3n) is 0. The Hall–Kier alpha value is 0.190. The first kappa shape index (κ1) is 24.1. The van der Waals surface area contributed by atoms with Crippen LogP contribution in [0.4, 0.5) is 0 Å². The SMILES string of the molecule is C[P+](O)(O)O.N.N.N. The van der Waals surface area contributed by atoms with Crippen molar-refractivity contribution in [2.24, 2.45) is 0 Å². The van der Waals surface area contributed by atoms with Crippen LogP contribution in [0.2, 0.25) is 0 Å². The maximum absolute atomic E-state index is 7.74. The van der Waals surface area contributed by atoms with Gasteiger partial charge in [-0.1, -0.05) is 0 Å². The summed E-state index contributed by atoms with van der Waals surface area (Å²) in [6.07, 6.45) is 0. The minimum absolute atomic E-state index is 0. The molecule has 0 rings (SSSR count). The Kier molecular flexibility index (Phi) is 21.7. The van der Waals surface area contributed by atoms with Gasteiger partial charge in [-0.05, 0) is 0 Å². The molecule has 0 aliphatic carbocycles. The maximum atomic E-state index is 7.74. The molecule has 0 aliphatic heterocycles. The van der Waals surface area contributed by atoms with E-state index >= 15 is 0 Å². The molecule has 12 N–H and O–H groups in total. The van der Waals surface area contributed by atoms with Gasteiger partial charge in [-0.15, -0.1) is 0 Å². The van der Waals surface area contributed by atoms with Crippen molar-refractivity contribution in [3.8, 4) is 0 Å². The molecule has 0 atom stereocenters. The molecule has 7 heteroatoms. The Morgan fingerprint density at radius 1 is 0.875 bits per heavy atom. The van der Waals surface area contributed by atoms with Crippen LogP contribution in [0.25, 0.3) is 0 Å². The molecular formula is CH15N3O3P+. The van der Waals surface area contributed by atoms with Crippen molar-refractivity contribution in [2.75, 3.05) is 6.66 Å². The Labute approximate surface area is 48.9 Å². The Balaban J connectivity index is -0.0000000267. The van der Waals surface area contributed by atoms with Crippen molar-refractivity contribution >= 4 is 7.94 Å². The summed E-state index contributed by atoms with van der Waals surface area (Å²) in [7, 11) is -3.39. The van der Waals surface area contributed by atoms with E-state index in [1.165, 1.54) is 0 Å². The molecule has 0 aliphatic rings. The molecule has 0 saturated heterocycles. The molecular weight excluding hydrogens is 133 g/mol. The fraction of sp³-hybridized carbons (Fsp3) is 1.00. The highest BCUT2D eigenvalue weighted by Gasteiger charge is 2.17. The van der Waals surface area contributed by atoms with E-state index in [1.807, 2.05) is 0 Å². The van der Waals surface area contributed by atoms with Gasteiger partial charge in [0.25, 0.3) is 0 Å².